The molecule has 148 valence electrons. The highest BCUT2D eigenvalue weighted by molar-refractivity contribution is 7.12. The number of hydrogen-bond donors (Lipinski definition) is 1. The maximum atomic E-state index is 13.1. The van der Waals surface area contributed by atoms with Gasteiger partial charge in [0.2, 0.25) is 0 Å². The third-order valence-electron chi connectivity index (χ3n) is 5.41. The molecule has 1 aromatic heterocycles. The van der Waals surface area contributed by atoms with E-state index in [-0.39, 0.29) is 5.78 Å². The number of rotatable bonds is 2. The lowest BCUT2D eigenvalue weighted by Crippen LogP contribution is -2.38. The predicted molar refractivity (Wildman–Crippen MR) is 118 cm³/mol. The van der Waals surface area contributed by atoms with E-state index in [4.69, 9.17) is 28.9 Å². The SMILES string of the molecule is Cc1cc([C@H]2C(C#N)=C(N)N(c3cc(Cl)cc(Cl)c3)C3=C2C(=O)CCC3)c(C)s1. The molecule has 0 saturated carbocycles. The van der Waals surface area contributed by atoms with Crippen molar-refractivity contribution in [2.24, 2.45) is 5.73 Å². The molecule has 2 heterocycles. The molecule has 29 heavy (non-hydrogen) atoms. The van der Waals surface area contributed by atoms with Crippen LogP contribution < -0.4 is 10.6 Å². The monoisotopic (exact) mass is 443 g/mol. The van der Waals surface area contributed by atoms with Crippen LogP contribution in [0.2, 0.25) is 10.0 Å². The van der Waals surface area contributed by atoms with Crippen molar-refractivity contribution in [3.63, 3.8) is 0 Å². The van der Waals surface area contributed by atoms with E-state index in [2.05, 4.69) is 12.1 Å². The second kappa shape index (κ2) is 7.53. The minimum atomic E-state index is -0.432. The molecule has 0 amide bonds. The molecule has 1 aliphatic heterocycles. The third-order valence-corrected chi connectivity index (χ3v) is 6.83. The Morgan fingerprint density at radius 3 is 2.45 bits per heavy atom. The van der Waals surface area contributed by atoms with Crippen molar-refractivity contribution < 1.29 is 4.79 Å². The van der Waals surface area contributed by atoms with Crippen molar-refractivity contribution in [3.8, 4) is 6.07 Å². The van der Waals surface area contributed by atoms with Crippen molar-refractivity contribution >= 4 is 46.0 Å². The first-order chi connectivity index (χ1) is 13.8. The lowest BCUT2D eigenvalue weighted by molar-refractivity contribution is -0.116. The highest BCUT2D eigenvalue weighted by atomic mass is 35.5. The van der Waals surface area contributed by atoms with Gasteiger partial charge >= 0.3 is 0 Å². The summed E-state index contributed by atoms with van der Waals surface area (Å²) in [6.07, 6.45) is 1.91. The van der Waals surface area contributed by atoms with Gasteiger partial charge in [-0.2, -0.15) is 5.26 Å². The second-order valence-corrected chi connectivity index (χ2v) is 9.65. The van der Waals surface area contributed by atoms with E-state index < -0.39 is 5.92 Å². The van der Waals surface area contributed by atoms with Crippen LogP contribution in [-0.2, 0) is 4.79 Å². The third kappa shape index (κ3) is 3.36. The molecule has 4 nitrogen and oxygen atoms in total. The number of anilines is 1. The summed E-state index contributed by atoms with van der Waals surface area (Å²) < 4.78 is 0. The highest BCUT2D eigenvalue weighted by Gasteiger charge is 2.41. The van der Waals surface area contributed by atoms with Gasteiger partial charge in [-0.25, -0.2) is 0 Å². The summed E-state index contributed by atoms with van der Waals surface area (Å²) in [5.74, 6) is -0.0379. The van der Waals surface area contributed by atoms with Crippen molar-refractivity contribution in [1.29, 1.82) is 5.26 Å². The number of nitrogens with two attached hydrogens (primary N) is 1. The smallest absolute Gasteiger partial charge is 0.161 e. The summed E-state index contributed by atoms with van der Waals surface area (Å²) in [6.45, 7) is 4.05. The number of Topliss-reactive ketones (excluding diaryl/α,β-unsaturated/α-hetero) is 1. The number of carbonyl (C=O) groups is 1. The number of aryl methyl sites for hydroxylation is 2. The van der Waals surface area contributed by atoms with Crippen LogP contribution in [-0.4, -0.2) is 5.78 Å². The van der Waals surface area contributed by atoms with E-state index in [1.54, 1.807) is 34.4 Å². The standard InChI is InChI=1S/C22H19Cl2N3OS/c1-11-6-16(12(2)29-11)20-17(10-25)22(26)27(15-8-13(23)7-14(24)9-15)18-4-3-5-19(28)21(18)20/h6-9,20H,3-5,26H2,1-2H3/t20-/m0/s1. The Morgan fingerprint density at radius 2 is 1.86 bits per heavy atom. The molecule has 2 aromatic rings. The Hall–Kier alpha value is -2.26. The molecule has 1 aliphatic carbocycles. The quantitative estimate of drug-likeness (QED) is 0.619. The van der Waals surface area contributed by atoms with Crippen molar-refractivity contribution in [3.05, 3.63) is 72.3 Å². The molecule has 1 atom stereocenters. The van der Waals surface area contributed by atoms with Gasteiger partial charge in [-0.05, 0) is 56.5 Å². The van der Waals surface area contributed by atoms with Crippen LogP contribution in [0.4, 0.5) is 5.69 Å². The Balaban J connectivity index is 2.00. The van der Waals surface area contributed by atoms with Gasteiger partial charge in [-0.3, -0.25) is 9.69 Å². The fourth-order valence-electron chi connectivity index (χ4n) is 4.30. The molecule has 7 heteroatoms. The number of carbonyl (C=O) groups excluding carboxylic acids is 1. The van der Waals surface area contributed by atoms with Gasteiger partial charge in [0.05, 0.1) is 23.2 Å². The molecule has 2 N–H and O–H groups in total. The summed E-state index contributed by atoms with van der Waals surface area (Å²) >= 11 is 14.1. The largest absolute Gasteiger partial charge is 0.384 e. The summed E-state index contributed by atoms with van der Waals surface area (Å²) in [4.78, 5) is 17.1. The minimum Gasteiger partial charge on any atom is -0.384 e. The summed E-state index contributed by atoms with van der Waals surface area (Å²) in [7, 11) is 0. The predicted octanol–water partition coefficient (Wildman–Crippen LogP) is 5.98. The minimum absolute atomic E-state index is 0.0675. The summed E-state index contributed by atoms with van der Waals surface area (Å²) in [5, 5.41) is 11.0. The average Bonchev–Trinajstić information content (AvgIpc) is 2.97. The zero-order chi connectivity index (χ0) is 20.9. The van der Waals surface area contributed by atoms with Crippen LogP contribution in [0.25, 0.3) is 0 Å². The lowest BCUT2D eigenvalue weighted by Gasteiger charge is -2.39. The number of nitrogens with zero attached hydrogens (tertiary/aromatic N) is 2. The zero-order valence-electron chi connectivity index (χ0n) is 16.1. The molecule has 0 unspecified atom stereocenters. The Kier molecular flexibility index (Phi) is 5.20. The molecule has 2 aliphatic rings. The van der Waals surface area contributed by atoms with E-state index in [1.807, 2.05) is 13.8 Å². The number of thiophene rings is 1. The maximum absolute atomic E-state index is 13.1. The topological polar surface area (TPSA) is 70.1 Å². The van der Waals surface area contributed by atoms with Gasteiger partial charge in [-0.15, -0.1) is 11.3 Å². The fourth-order valence-corrected chi connectivity index (χ4v) is 5.78. The van der Waals surface area contributed by atoms with Gasteiger partial charge < -0.3 is 5.73 Å². The van der Waals surface area contributed by atoms with Crippen LogP contribution >= 0.6 is 34.5 Å². The molecule has 4 rings (SSSR count). The number of halogens is 2. The number of nitriles is 1. The number of allylic oxidation sites excluding steroid dienone is 3. The first-order valence-electron chi connectivity index (χ1n) is 9.31. The summed E-state index contributed by atoms with van der Waals surface area (Å²) in [6, 6.07) is 9.49. The van der Waals surface area contributed by atoms with Crippen LogP contribution in [0, 0.1) is 25.2 Å². The van der Waals surface area contributed by atoms with E-state index in [0.717, 1.165) is 27.4 Å². The normalized spacial score (nSPS) is 19.5. The molecular formula is C22H19Cl2N3OS. The van der Waals surface area contributed by atoms with E-state index in [9.17, 15) is 10.1 Å². The van der Waals surface area contributed by atoms with Crippen LogP contribution in [0.15, 0.2) is 46.9 Å². The van der Waals surface area contributed by atoms with Crippen molar-refractivity contribution in [1.82, 2.24) is 0 Å². The highest BCUT2D eigenvalue weighted by Crippen LogP contribution is 2.48. The van der Waals surface area contributed by atoms with E-state index in [1.165, 1.54) is 0 Å². The second-order valence-electron chi connectivity index (χ2n) is 7.31. The molecule has 0 radical (unpaired) electrons. The number of hydrogen-bond acceptors (Lipinski definition) is 5. The average molecular weight is 444 g/mol. The molecule has 0 fully saturated rings. The molecule has 1 aromatic carbocycles. The van der Waals surface area contributed by atoms with Crippen LogP contribution in [0.3, 0.4) is 0 Å². The van der Waals surface area contributed by atoms with Crippen LogP contribution in [0.5, 0.6) is 0 Å². The lowest BCUT2D eigenvalue weighted by atomic mass is 9.75. The molecule has 0 spiro atoms. The van der Waals surface area contributed by atoms with E-state index in [0.29, 0.717) is 45.5 Å². The van der Waals surface area contributed by atoms with Gasteiger partial charge in [0.1, 0.15) is 5.82 Å². The van der Waals surface area contributed by atoms with Gasteiger partial charge in [0, 0.05) is 37.5 Å². The first kappa shape index (κ1) is 20.0. The molecule has 0 bridgehead atoms. The van der Waals surface area contributed by atoms with Crippen molar-refractivity contribution in [2.75, 3.05) is 4.90 Å². The number of benzene rings is 1. The number of ketones is 1. The van der Waals surface area contributed by atoms with Gasteiger partial charge in [-0.1, -0.05) is 23.2 Å². The fraction of sp³-hybridized carbons (Fsp3) is 0.273. The maximum Gasteiger partial charge on any atom is 0.161 e. The van der Waals surface area contributed by atoms with E-state index >= 15 is 0 Å². The van der Waals surface area contributed by atoms with Gasteiger partial charge in [0.25, 0.3) is 0 Å². The zero-order valence-corrected chi connectivity index (χ0v) is 18.4. The molecular weight excluding hydrogens is 425 g/mol. The first-order valence-corrected chi connectivity index (χ1v) is 10.9. The Morgan fingerprint density at radius 1 is 1.17 bits per heavy atom. The summed E-state index contributed by atoms with van der Waals surface area (Å²) in [5.41, 5.74) is 10.1. The Labute approximate surface area is 183 Å². The van der Waals surface area contributed by atoms with Crippen LogP contribution in [0.1, 0.15) is 40.5 Å². The van der Waals surface area contributed by atoms with Gasteiger partial charge in [0.15, 0.2) is 5.78 Å². The Bertz CT molecular complexity index is 1120. The van der Waals surface area contributed by atoms with Crippen molar-refractivity contribution in [2.45, 2.75) is 39.0 Å². The molecule has 0 saturated heterocycles.